The van der Waals surface area contributed by atoms with Gasteiger partial charge in [-0.3, -0.25) is 0 Å². The van der Waals surface area contributed by atoms with Crippen molar-refractivity contribution in [3.8, 4) is 11.3 Å². The SMILES string of the molecule is C=C/C(=C\C)Cc1nc(-c2ccccc2)cnc1NC(Cc1cnns1)C(=O)OC(C)(C)C. The first kappa shape index (κ1) is 24.3. The highest BCUT2D eigenvalue weighted by Gasteiger charge is 2.27. The van der Waals surface area contributed by atoms with Crippen LogP contribution in [-0.4, -0.2) is 37.2 Å². The molecule has 0 amide bonds. The molecule has 2 heterocycles. The Bertz CT molecular complexity index is 1110. The van der Waals surface area contributed by atoms with E-state index in [1.54, 1.807) is 18.5 Å². The summed E-state index contributed by atoms with van der Waals surface area (Å²) in [5, 5.41) is 7.16. The zero-order chi connectivity index (χ0) is 23.8. The third-order valence-corrected chi connectivity index (χ3v) is 5.42. The zero-order valence-corrected chi connectivity index (χ0v) is 20.2. The Balaban J connectivity index is 1.97. The highest BCUT2D eigenvalue weighted by Crippen LogP contribution is 2.24. The maximum absolute atomic E-state index is 13.0. The molecule has 0 spiro atoms. The minimum Gasteiger partial charge on any atom is -0.458 e. The molecule has 1 atom stereocenters. The van der Waals surface area contributed by atoms with E-state index in [1.807, 2.05) is 64.1 Å². The predicted molar refractivity (Wildman–Crippen MR) is 132 cm³/mol. The van der Waals surface area contributed by atoms with Gasteiger partial charge >= 0.3 is 5.97 Å². The molecular formula is C25H29N5O2S. The van der Waals surface area contributed by atoms with Crippen molar-refractivity contribution >= 4 is 23.3 Å². The average molecular weight is 464 g/mol. The van der Waals surface area contributed by atoms with Crippen LogP contribution in [0.3, 0.4) is 0 Å². The number of esters is 1. The molecule has 7 nitrogen and oxygen atoms in total. The van der Waals surface area contributed by atoms with Crippen molar-refractivity contribution in [3.63, 3.8) is 0 Å². The van der Waals surface area contributed by atoms with Gasteiger partial charge in [0, 0.05) is 23.3 Å². The number of hydrogen-bond donors (Lipinski definition) is 1. The predicted octanol–water partition coefficient (Wildman–Crippen LogP) is 5.03. The number of nitrogens with zero attached hydrogens (tertiary/aromatic N) is 4. The number of anilines is 1. The van der Waals surface area contributed by atoms with Crippen molar-refractivity contribution in [1.29, 1.82) is 0 Å². The van der Waals surface area contributed by atoms with Crippen LogP contribution in [0, 0.1) is 0 Å². The molecule has 0 fully saturated rings. The number of benzene rings is 1. The molecule has 0 bridgehead atoms. The first-order valence-electron chi connectivity index (χ1n) is 10.7. The molecule has 1 unspecified atom stereocenters. The van der Waals surface area contributed by atoms with Crippen LogP contribution in [0.2, 0.25) is 0 Å². The van der Waals surface area contributed by atoms with Gasteiger partial charge in [-0.15, -0.1) is 5.10 Å². The maximum Gasteiger partial charge on any atom is 0.329 e. The molecule has 3 rings (SSSR count). The number of nitrogens with one attached hydrogen (secondary N) is 1. The molecule has 0 saturated carbocycles. The van der Waals surface area contributed by atoms with Crippen LogP contribution in [-0.2, 0) is 22.4 Å². The molecule has 0 aliphatic carbocycles. The summed E-state index contributed by atoms with van der Waals surface area (Å²) >= 11 is 1.25. The van der Waals surface area contributed by atoms with Gasteiger partial charge in [-0.1, -0.05) is 53.6 Å². The fraction of sp³-hybridized carbons (Fsp3) is 0.320. The molecule has 2 aromatic heterocycles. The van der Waals surface area contributed by atoms with E-state index >= 15 is 0 Å². The Morgan fingerprint density at radius 3 is 2.61 bits per heavy atom. The molecule has 1 N–H and O–H groups in total. The van der Waals surface area contributed by atoms with Gasteiger partial charge in [0.2, 0.25) is 0 Å². The molecule has 3 aromatic rings. The quantitative estimate of drug-likeness (QED) is 0.351. The lowest BCUT2D eigenvalue weighted by atomic mass is 10.1. The first-order chi connectivity index (χ1) is 15.8. The summed E-state index contributed by atoms with van der Waals surface area (Å²) in [6, 6.07) is 9.21. The second kappa shape index (κ2) is 11.0. The summed E-state index contributed by atoms with van der Waals surface area (Å²) in [7, 11) is 0. The lowest BCUT2D eigenvalue weighted by Crippen LogP contribution is -2.38. The van der Waals surface area contributed by atoms with E-state index in [4.69, 9.17) is 9.72 Å². The standard InChI is InChI=1S/C25H29N5O2S/c1-6-17(7-2)13-20-23(26-16-22(28-20)18-11-9-8-10-12-18)29-21(14-19-15-27-30-33-19)24(31)32-25(3,4)5/h6-12,15-16,21H,1,13-14H2,2-5H3,(H,26,29)/b17-7+. The Hall–Kier alpha value is -3.39. The van der Waals surface area contributed by atoms with Crippen LogP contribution in [0.5, 0.6) is 0 Å². The van der Waals surface area contributed by atoms with Crippen LogP contribution in [0.15, 0.2) is 67.0 Å². The second-order valence-electron chi connectivity index (χ2n) is 8.48. The van der Waals surface area contributed by atoms with E-state index in [0.717, 1.165) is 27.4 Å². The summed E-state index contributed by atoms with van der Waals surface area (Å²) in [5.41, 5.74) is 2.85. The van der Waals surface area contributed by atoms with Crippen molar-refractivity contribution in [3.05, 3.63) is 77.6 Å². The van der Waals surface area contributed by atoms with E-state index < -0.39 is 11.6 Å². The van der Waals surface area contributed by atoms with Crippen molar-refractivity contribution in [2.45, 2.75) is 52.2 Å². The summed E-state index contributed by atoms with van der Waals surface area (Å²) in [5.74, 6) is 0.162. The number of ether oxygens (including phenoxy) is 1. The maximum atomic E-state index is 13.0. The molecule has 0 saturated heterocycles. The van der Waals surface area contributed by atoms with E-state index in [-0.39, 0.29) is 5.97 Å². The summed E-state index contributed by atoms with van der Waals surface area (Å²) in [6.07, 6.45) is 8.07. The zero-order valence-electron chi connectivity index (χ0n) is 19.4. The third kappa shape index (κ3) is 7.05. The largest absolute Gasteiger partial charge is 0.458 e. The Labute approximate surface area is 198 Å². The molecule has 0 radical (unpaired) electrons. The number of carbonyl (C=O) groups is 1. The van der Waals surface area contributed by atoms with Gasteiger partial charge < -0.3 is 10.1 Å². The Kier molecular flexibility index (Phi) is 8.06. The first-order valence-corrected chi connectivity index (χ1v) is 11.5. The normalized spacial score (nSPS) is 12.8. The summed E-state index contributed by atoms with van der Waals surface area (Å²) in [6.45, 7) is 11.4. The average Bonchev–Trinajstić information content (AvgIpc) is 3.30. The van der Waals surface area contributed by atoms with E-state index in [2.05, 4.69) is 26.5 Å². The highest BCUT2D eigenvalue weighted by molar-refractivity contribution is 7.05. The smallest absolute Gasteiger partial charge is 0.329 e. The lowest BCUT2D eigenvalue weighted by Gasteiger charge is -2.25. The van der Waals surface area contributed by atoms with Gasteiger partial charge in [0.05, 0.1) is 23.8 Å². The fourth-order valence-electron chi connectivity index (χ4n) is 3.11. The second-order valence-corrected chi connectivity index (χ2v) is 9.35. The minimum absolute atomic E-state index is 0.370. The van der Waals surface area contributed by atoms with Crippen LogP contribution < -0.4 is 5.32 Å². The molecule has 0 aliphatic rings. The molecule has 1 aromatic carbocycles. The summed E-state index contributed by atoms with van der Waals surface area (Å²) in [4.78, 5) is 23.4. The molecule has 0 aliphatic heterocycles. The fourth-order valence-corrected chi connectivity index (χ4v) is 3.65. The van der Waals surface area contributed by atoms with Gasteiger partial charge in [0.1, 0.15) is 17.5 Å². The van der Waals surface area contributed by atoms with Gasteiger partial charge in [-0.05, 0) is 44.8 Å². The third-order valence-electron chi connectivity index (χ3n) is 4.73. The summed E-state index contributed by atoms with van der Waals surface area (Å²) < 4.78 is 9.57. The number of rotatable bonds is 9. The van der Waals surface area contributed by atoms with Gasteiger partial charge in [0.25, 0.3) is 0 Å². The molecule has 172 valence electrons. The highest BCUT2D eigenvalue weighted by atomic mass is 32.1. The molecule has 33 heavy (non-hydrogen) atoms. The lowest BCUT2D eigenvalue weighted by molar-refractivity contribution is -0.155. The van der Waals surface area contributed by atoms with E-state index in [0.29, 0.717) is 18.7 Å². The van der Waals surface area contributed by atoms with Crippen LogP contribution >= 0.6 is 11.5 Å². The molecule has 8 heteroatoms. The van der Waals surface area contributed by atoms with Crippen LogP contribution in [0.25, 0.3) is 11.3 Å². The Morgan fingerprint density at radius 2 is 2.00 bits per heavy atom. The number of aromatic nitrogens is 4. The van der Waals surface area contributed by atoms with Crippen molar-refractivity contribution < 1.29 is 9.53 Å². The van der Waals surface area contributed by atoms with Crippen molar-refractivity contribution in [2.24, 2.45) is 0 Å². The van der Waals surface area contributed by atoms with E-state index in [1.165, 1.54) is 11.5 Å². The van der Waals surface area contributed by atoms with Crippen LogP contribution in [0.1, 0.15) is 38.3 Å². The van der Waals surface area contributed by atoms with Crippen molar-refractivity contribution in [2.75, 3.05) is 5.32 Å². The van der Waals surface area contributed by atoms with Gasteiger partial charge in [0.15, 0.2) is 0 Å². The van der Waals surface area contributed by atoms with Crippen molar-refractivity contribution in [1.82, 2.24) is 19.6 Å². The van der Waals surface area contributed by atoms with Gasteiger partial charge in [-0.25, -0.2) is 14.8 Å². The minimum atomic E-state index is -0.667. The van der Waals surface area contributed by atoms with Crippen LogP contribution in [0.4, 0.5) is 5.82 Å². The number of carbonyl (C=O) groups excluding carboxylic acids is 1. The Morgan fingerprint density at radius 1 is 1.24 bits per heavy atom. The topological polar surface area (TPSA) is 89.9 Å². The van der Waals surface area contributed by atoms with Gasteiger partial charge in [-0.2, -0.15) is 0 Å². The number of allylic oxidation sites excluding steroid dienone is 3. The number of hydrogen-bond acceptors (Lipinski definition) is 8. The monoisotopic (exact) mass is 463 g/mol. The molecular weight excluding hydrogens is 434 g/mol. The van der Waals surface area contributed by atoms with E-state index in [9.17, 15) is 4.79 Å².